The number of ether oxygens (including phenoxy) is 1. The Morgan fingerprint density at radius 3 is 2.93 bits per heavy atom. The van der Waals surface area contributed by atoms with Gasteiger partial charge in [-0.25, -0.2) is 0 Å². The molecule has 3 heteroatoms. The standard InChI is InChI=1S/C11H17NOS/c1-7-3-4-13-11(7)10(12)9-5-8(2)14-6-9/h5-7,10-11H,3-4,12H2,1-2H3. The maximum atomic E-state index is 6.19. The average molecular weight is 211 g/mol. The molecule has 0 spiro atoms. The van der Waals surface area contributed by atoms with E-state index in [1.165, 1.54) is 10.4 Å². The van der Waals surface area contributed by atoms with Crippen LogP contribution >= 0.6 is 11.3 Å². The Labute approximate surface area is 89.1 Å². The summed E-state index contributed by atoms with van der Waals surface area (Å²) in [6.45, 7) is 5.19. The molecule has 2 rings (SSSR count). The molecule has 1 fully saturated rings. The van der Waals surface area contributed by atoms with E-state index >= 15 is 0 Å². The second kappa shape index (κ2) is 4.01. The van der Waals surface area contributed by atoms with Gasteiger partial charge in [-0.2, -0.15) is 0 Å². The van der Waals surface area contributed by atoms with Crippen molar-refractivity contribution in [3.8, 4) is 0 Å². The van der Waals surface area contributed by atoms with Crippen molar-refractivity contribution in [3.63, 3.8) is 0 Å². The van der Waals surface area contributed by atoms with Gasteiger partial charge < -0.3 is 10.5 Å². The van der Waals surface area contributed by atoms with E-state index in [4.69, 9.17) is 10.5 Å². The van der Waals surface area contributed by atoms with Crippen molar-refractivity contribution in [2.24, 2.45) is 11.7 Å². The maximum absolute atomic E-state index is 6.19. The predicted molar refractivity (Wildman–Crippen MR) is 59.5 cm³/mol. The second-order valence-electron chi connectivity index (χ2n) is 4.12. The van der Waals surface area contributed by atoms with Crippen LogP contribution in [0.25, 0.3) is 0 Å². The van der Waals surface area contributed by atoms with Crippen LogP contribution in [0.2, 0.25) is 0 Å². The van der Waals surface area contributed by atoms with E-state index in [1.54, 1.807) is 11.3 Å². The first-order valence-corrected chi connectivity index (χ1v) is 5.98. The molecule has 0 aliphatic carbocycles. The molecule has 1 aromatic heterocycles. The van der Waals surface area contributed by atoms with Gasteiger partial charge in [-0.1, -0.05) is 6.92 Å². The van der Waals surface area contributed by atoms with Crippen LogP contribution < -0.4 is 5.73 Å². The summed E-state index contributed by atoms with van der Waals surface area (Å²) in [6.07, 6.45) is 1.35. The molecular weight excluding hydrogens is 194 g/mol. The van der Waals surface area contributed by atoms with Gasteiger partial charge in [0.05, 0.1) is 12.1 Å². The van der Waals surface area contributed by atoms with E-state index in [1.807, 2.05) is 0 Å². The van der Waals surface area contributed by atoms with Crippen LogP contribution in [-0.2, 0) is 4.74 Å². The molecule has 0 aromatic carbocycles. The van der Waals surface area contributed by atoms with Gasteiger partial charge in [-0.05, 0) is 36.3 Å². The van der Waals surface area contributed by atoms with Crippen LogP contribution in [0.3, 0.4) is 0 Å². The van der Waals surface area contributed by atoms with Crippen molar-refractivity contribution in [2.45, 2.75) is 32.4 Å². The molecule has 1 aliphatic heterocycles. The number of hydrogen-bond donors (Lipinski definition) is 1. The molecule has 2 nitrogen and oxygen atoms in total. The first-order chi connectivity index (χ1) is 6.68. The molecule has 1 aromatic rings. The van der Waals surface area contributed by atoms with Crippen LogP contribution in [0, 0.1) is 12.8 Å². The summed E-state index contributed by atoms with van der Waals surface area (Å²) in [5.41, 5.74) is 7.41. The van der Waals surface area contributed by atoms with Crippen molar-refractivity contribution in [3.05, 3.63) is 21.9 Å². The highest BCUT2D eigenvalue weighted by Gasteiger charge is 2.30. The molecule has 3 atom stereocenters. The van der Waals surface area contributed by atoms with Crippen molar-refractivity contribution in [1.29, 1.82) is 0 Å². The maximum Gasteiger partial charge on any atom is 0.0794 e. The van der Waals surface area contributed by atoms with Crippen molar-refractivity contribution < 1.29 is 4.74 Å². The van der Waals surface area contributed by atoms with E-state index < -0.39 is 0 Å². The lowest BCUT2D eigenvalue weighted by Crippen LogP contribution is -2.29. The van der Waals surface area contributed by atoms with Gasteiger partial charge >= 0.3 is 0 Å². The monoisotopic (exact) mass is 211 g/mol. The Morgan fingerprint density at radius 1 is 1.64 bits per heavy atom. The minimum atomic E-state index is 0.0532. The minimum Gasteiger partial charge on any atom is -0.376 e. The summed E-state index contributed by atoms with van der Waals surface area (Å²) in [5.74, 6) is 0.588. The molecule has 0 saturated carbocycles. The highest BCUT2D eigenvalue weighted by molar-refractivity contribution is 7.10. The normalized spacial score (nSPS) is 29.4. The topological polar surface area (TPSA) is 35.2 Å². The van der Waals surface area contributed by atoms with Crippen LogP contribution in [0.5, 0.6) is 0 Å². The van der Waals surface area contributed by atoms with Gasteiger partial charge in [-0.15, -0.1) is 11.3 Å². The Hall–Kier alpha value is -0.380. The highest BCUT2D eigenvalue weighted by Crippen LogP contribution is 2.31. The zero-order valence-electron chi connectivity index (χ0n) is 8.69. The fourth-order valence-corrected chi connectivity index (χ4v) is 2.76. The average Bonchev–Trinajstić information content (AvgIpc) is 2.73. The van der Waals surface area contributed by atoms with Crippen molar-refractivity contribution >= 4 is 11.3 Å². The zero-order valence-corrected chi connectivity index (χ0v) is 9.51. The highest BCUT2D eigenvalue weighted by atomic mass is 32.1. The summed E-state index contributed by atoms with van der Waals surface area (Å²) in [5, 5.41) is 2.15. The van der Waals surface area contributed by atoms with Crippen molar-refractivity contribution in [2.75, 3.05) is 6.61 Å². The van der Waals surface area contributed by atoms with E-state index in [2.05, 4.69) is 25.3 Å². The number of aryl methyl sites for hydroxylation is 1. The fraction of sp³-hybridized carbons (Fsp3) is 0.636. The Kier molecular flexibility index (Phi) is 2.91. The van der Waals surface area contributed by atoms with E-state index in [0.29, 0.717) is 5.92 Å². The van der Waals surface area contributed by atoms with Gasteiger partial charge in [-0.3, -0.25) is 0 Å². The van der Waals surface area contributed by atoms with Crippen LogP contribution in [-0.4, -0.2) is 12.7 Å². The second-order valence-corrected chi connectivity index (χ2v) is 5.23. The van der Waals surface area contributed by atoms with Crippen LogP contribution in [0.15, 0.2) is 11.4 Å². The molecule has 0 radical (unpaired) electrons. The molecule has 0 amide bonds. The van der Waals surface area contributed by atoms with Gasteiger partial charge in [0.25, 0.3) is 0 Å². The van der Waals surface area contributed by atoms with Gasteiger partial charge in [0, 0.05) is 11.5 Å². The lowest BCUT2D eigenvalue weighted by Gasteiger charge is -2.21. The largest absolute Gasteiger partial charge is 0.376 e. The van der Waals surface area contributed by atoms with Crippen LogP contribution in [0.4, 0.5) is 0 Å². The molecule has 0 bridgehead atoms. The third-order valence-electron chi connectivity index (χ3n) is 2.93. The van der Waals surface area contributed by atoms with Gasteiger partial charge in [0.1, 0.15) is 0 Å². The number of rotatable bonds is 2. The Morgan fingerprint density at radius 2 is 2.43 bits per heavy atom. The van der Waals surface area contributed by atoms with Crippen molar-refractivity contribution in [1.82, 2.24) is 0 Å². The lowest BCUT2D eigenvalue weighted by molar-refractivity contribution is 0.0726. The van der Waals surface area contributed by atoms with Gasteiger partial charge in [0.2, 0.25) is 0 Å². The summed E-state index contributed by atoms with van der Waals surface area (Å²) < 4.78 is 5.67. The molecular formula is C11H17NOS. The summed E-state index contributed by atoms with van der Waals surface area (Å²) in [6, 6.07) is 2.22. The van der Waals surface area contributed by atoms with Crippen LogP contribution in [0.1, 0.15) is 29.8 Å². The molecule has 2 N–H and O–H groups in total. The fourth-order valence-electron chi connectivity index (χ4n) is 2.00. The molecule has 14 heavy (non-hydrogen) atoms. The zero-order chi connectivity index (χ0) is 10.1. The minimum absolute atomic E-state index is 0.0532. The lowest BCUT2D eigenvalue weighted by atomic mass is 9.94. The first kappa shape index (κ1) is 10.1. The third kappa shape index (κ3) is 1.85. The summed E-state index contributed by atoms with van der Waals surface area (Å²) in [4.78, 5) is 1.32. The predicted octanol–water partition coefficient (Wildman–Crippen LogP) is 2.48. The smallest absolute Gasteiger partial charge is 0.0794 e. The molecule has 3 unspecified atom stereocenters. The number of thiophene rings is 1. The Balaban J connectivity index is 2.11. The summed E-state index contributed by atoms with van der Waals surface area (Å²) in [7, 11) is 0. The number of hydrogen-bond acceptors (Lipinski definition) is 3. The molecule has 78 valence electrons. The number of nitrogens with two attached hydrogens (primary N) is 1. The third-order valence-corrected chi connectivity index (χ3v) is 3.81. The summed E-state index contributed by atoms with van der Waals surface area (Å²) >= 11 is 1.76. The molecule has 1 aliphatic rings. The quantitative estimate of drug-likeness (QED) is 0.815. The Bertz CT molecular complexity index is 310. The van der Waals surface area contributed by atoms with E-state index in [-0.39, 0.29) is 12.1 Å². The van der Waals surface area contributed by atoms with E-state index in [9.17, 15) is 0 Å². The first-order valence-electron chi connectivity index (χ1n) is 5.10. The SMILES string of the molecule is Cc1cc(C(N)C2OCCC2C)cs1. The van der Waals surface area contributed by atoms with E-state index in [0.717, 1.165) is 13.0 Å². The molecule has 2 heterocycles. The molecule has 1 saturated heterocycles. The van der Waals surface area contributed by atoms with Gasteiger partial charge in [0.15, 0.2) is 0 Å².